The molecular weight excluding hydrogens is 484 g/mol. The average Bonchev–Trinajstić information content (AvgIpc) is 3.28. The first kappa shape index (κ1) is 29.1. The minimum atomic E-state index is -0.129. The van der Waals surface area contributed by atoms with Crippen molar-refractivity contribution in [3.8, 4) is 0 Å². The fourth-order valence-electron chi connectivity index (χ4n) is 10.6. The molecule has 0 radical (unpaired) electrons. The summed E-state index contributed by atoms with van der Waals surface area (Å²) in [5, 5.41) is 10.3. The number of allylic oxidation sites excluding steroid dienone is 1. The summed E-state index contributed by atoms with van der Waals surface area (Å²) in [4.78, 5) is 29.3. The number of nitrogens with zero attached hydrogens (tertiary/aromatic N) is 2. The number of hydrogen-bond donors (Lipinski definition) is 1. The zero-order valence-corrected chi connectivity index (χ0v) is 25.8. The second-order valence-electron chi connectivity index (χ2n) is 15.1. The molecule has 0 spiro atoms. The Morgan fingerprint density at radius 1 is 0.974 bits per heavy atom. The molecule has 0 saturated heterocycles. The number of fused-ring (bicyclic) bond motifs is 5. The molecule has 0 bridgehead atoms. The molecule has 8 atom stereocenters. The standard InChI is InChI=1S/C34H56N2O3/c1-22(7-16-31(38)36(6)25-11-8-23(9-12-25)32(39)35(4)5)28-14-15-29-27-13-10-24-21-26(37)17-19-33(24,2)30(27)18-20-34(28,29)3/h10,22-23,25-30,37H,7-9,11-21H2,1-6H3/t22?,23?,25?,26-,27-,28+,29-,30-,33-,34+/m0/s1. The molecule has 2 amide bonds. The monoisotopic (exact) mass is 540 g/mol. The molecule has 0 aliphatic heterocycles. The van der Waals surface area contributed by atoms with Gasteiger partial charge < -0.3 is 14.9 Å². The Balaban J connectivity index is 1.15. The van der Waals surface area contributed by atoms with Crippen LogP contribution in [-0.4, -0.2) is 60.0 Å². The van der Waals surface area contributed by atoms with Crippen molar-refractivity contribution in [1.82, 2.24) is 9.80 Å². The molecule has 5 rings (SSSR count). The number of aliphatic hydroxyl groups is 1. The Hall–Kier alpha value is -1.36. The first-order chi connectivity index (χ1) is 18.5. The van der Waals surface area contributed by atoms with Crippen LogP contribution in [0.2, 0.25) is 0 Å². The molecule has 4 saturated carbocycles. The van der Waals surface area contributed by atoms with E-state index in [2.05, 4.69) is 26.8 Å². The van der Waals surface area contributed by atoms with Crippen LogP contribution in [0.15, 0.2) is 11.6 Å². The van der Waals surface area contributed by atoms with Crippen LogP contribution >= 0.6 is 0 Å². The van der Waals surface area contributed by atoms with Crippen molar-refractivity contribution < 1.29 is 14.7 Å². The van der Waals surface area contributed by atoms with Crippen molar-refractivity contribution in [2.75, 3.05) is 21.1 Å². The highest BCUT2D eigenvalue weighted by molar-refractivity contribution is 5.78. The maximum Gasteiger partial charge on any atom is 0.225 e. The van der Waals surface area contributed by atoms with Crippen LogP contribution in [0.3, 0.4) is 0 Å². The van der Waals surface area contributed by atoms with Crippen LogP contribution in [0, 0.1) is 46.3 Å². The number of amides is 2. The van der Waals surface area contributed by atoms with Crippen LogP contribution in [0.25, 0.3) is 0 Å². The van der Waals surface area contributed by atoms with E-state index in [9.17, 15) is 14.7 Å². The molecule has 1 unspecified atom stereocenters. The molecule has 0 heterocycles. The average molecular weight is 541 g/mol. The molecule has 4 fully saturated rings. The first-order valence-corrected chi connectivity index (χ1v) is 16.3. The lowest BCUT2D eigenvalue weighted by Gasteiger charge is -2.58. The van der Waals surface area contributed by atoms with E-state index in [0.29, 0.717) is 29.1 Å². The van der Waals surface area contributed by atoms with Gasteiger partial charge in [0.15, 0.2) is 0 Å². The van der Waals surface area contributed by atoms with Crippen molar-refractivity contribution in [1.29, 1.82) is 0 Å². The number of aliphatic hydroxyl groups excluding tert-OH is 1. The largest absolute Gasteiger partial charge is 0.393 e. The highest BCUT2D eigenvalue weighted by Crippen LogP contribution is 2.67. The van der Waals surface area contributed by atoms with Crippen molar-refractivity contribution in [2.45, 2.75) is 123 Å². The molecular formula is C34H56N2O3. The van der Waals surface area contributed by atoms with Crippen molar-refractivity contribution in [3.05, 3.63) is 11.6 Å². The van der Waals surface area contributed by atoms with E-state index in [0.717, 1.165) is 75.0 Å². The van der Waals surface area contributed by atoms with E-state index in [1.165, 1.54) is 32.1 Å². The third-order valence-corrected chi connectivity index (χ3v) is 13.1. The Kier molecular flexibility index (Phi) is 8.32. The van der Waals surface area contributed by atoms with Crippen molar-refractivity contribution in [3.63, 3.8) is 0 Å². The zero-order valence-electron chi connectivity index (χ0n) is 25.8. The van der Waals surface area contributed by atoms with Crippen LogP contribution in [0.4, 0.5) is 0 Å². The number of carbonyl (C=O) groups is 2. The Bertz CT molecular complexity index is 952. The highest BCUT2D eigenvalue weighted by atomic mass is 16.3. The summed E-state index contributed by atoms with van der Waals surface area (Å²) in [6.45, 7) is 7.56. The quantitative estimate of drug-likeness (QED) is 0.394. The van der Waals surface area contributed by atoms with Crippen LogP contribution in [-0.2, 0) is 9.59 Å². The summed E-state index contributed by atoms with van der Waals surface area (Å²) in [5.41, 5.74) is 2.28. The normalized spacial score (nSPS) is 42.4. The molecule has 0 aromatic heterocycles. The van der Waals surface area contributed by atoms with Gasteiger partial charge in [0.05, 0.1) is 6.10 Å². The molecule has 5 aliphatic carbocycles. The summed E-state index contributed by atoms with van der Waals surface area (Å²) in [7, 11) is 5.68. The highest BCUT2D eigenvalue weighted by Gasteiger charge is 2.59. The minimum absolute atomic E-state index is 0.129. The fraction of sp³-hybridized carbons (Fsp3) is 0.882. The minimum Gasteiger partial charge on any atom is -0.393 e. The third kappa shape index (κ3) is 5.24. The van der Waals surface area contributed by atoms with Crippen LogP contribution in [0.5, 0.6) is 0 Å². The van der Waals surface area contributed by atoms with Crippen LogP contribution in [0.1, 0.15) is 111 Å². The van der Waals surface area contributed by atoms with Gasteiger partial charge in [-0.2, -0.15) is 0 Å². The van der Waals surface area contributed by atoms with Crippen molar-refractivity contribution in [2.24, 2.45) is 46.3 Å². The van der Waals surface area contributed by atoms with Gasteiger partial charge in [0.25, 0.3) is 0 Å². The van der Waals surface area contributed by atoms with E-state index < -0.39 is 0 Å². The summed E-state index contributed by atoms with van der Waals surface area (Å²) in [6, 6.07) is 0.286. The maximum atomic E-state index is 13.3. The van der Waals surface area contributed by atoms with Gasteiger partial charge in [-0.1, -0.05) is 32.4 Å². The molecule has 0 aromatic carbocycles. The predicted molar refractivity (Wildman–Crippen MR) is 157 cm³/mol. The van der Waals surface area contributed by atoms with Gasteiger partial charge in [0, 0.05) is 39.5 Å². The molecule has 220 valence electrons. The Morgan fingerprint density at radius 2 is 1.69 bits per heavy atom. The second-order valence-corrected chi connectivity index (χ2v) is 15.1. The Labute approximate surface area is 238 Å². The van der Waals surface area contributed by atoms with E-state index in [4.69, 9.17) is 0 Å². The summed E-state index contributed by atoms with van der Waals surface area (Å²) in [5.74, 6) is 4.36. The maximum absolute atomic E-state index is 13.3. The number of hydrogen-bond acceptors (Lipinski definition) is 3. The molecule has 39 heavy (non-hydrogen) atoms. The Morgan fingerprint density at radius 3 is 2.38 bits per heavy atom. The summed E-state index contributed by atoms with van der Waals surface area (Å²) in [6.07, 6.45) is 17.4. The molecule has 5 nitrogen and oxygen atoms in total. The summed E-state index contributed by atoms with van der Waals surface area (Å²) >= 11 is 0. The van der Waals surface area contributed by atoms with E-state index in [-0.39, 0.29) is 24.0 Å². The van der Waals surface area contributed by atoms with Gasteiger partial charge in [-0.05, 0) is 124 Å². The van der Waals surface area contributed by atoms with Gasteiger partial charge in [-0.25, -0.2) is 0 Å². The lowest BCUT2D eigenvalue weighted by atomic mass is 9.47. The number of rotatable bonds is 6. The van der Waals surface area contributed by atoms with E-state index in [1.54, 1.807) is 10.5 Å². The lowest BCUT2D eigenvalue weighted by Crippen LogP contribution is -2.50. The third-order valence-electron chi connectivity index (χ3n) is 13.1. The SMILES string of the molecule is CC(CCC(=O)N(C)C1CCC(C(=O)N(C)C)CC1)[C@H]1CC[C@H]2[C@@H]3CC=C4C[C@@H](O)CC[C@]4(C)[C@H]3CC[C@]12C. The number of carbonyl (C=O) groups excluding carboxylic acids is 2. The topological polar surface area (TPSA) is 60.9 Å². The predicted octanol–water partition coefficient (Wildman–Crippen LogP) is 6.45. The van der Waals surface area contributed by atoms with Gasteiger partial charge >= 0.3 is 0 Å². The van der Waals surface area contributed by atoms with Crippen LogP contribution < -0.4 is 0 Å². The first-order valence-electron chi connectivity index (χ1n) is 16.3. The van der Waals surface area contributed by atoms with E-state index >= 15 is 0 Å². The second kappa shape index (κ2) is 11.1. The summed E-state index contributed by atoms with van der Waals surface area (Å²) < 4.78 is 0. The molecule has 5 aliphatic rings. The van der Waals surface area contributed by atoms with Gasteiger partial charge in [-0.3, -0.25) is 9.59 Å². The van der Waals surface area contributed by atoms with Gasteiger partial charge in [0.1, 0.15) is 0 Å². The zero-order chi connectivity index (χ0) is 28.1. The van der Waals surface area contributed by atoms with E-state index in [1.807, 2.05) is 26.0 Å². The smallest absolute Gasteiger partial charge is 0.225 e. The lowest BCUT2D eigenvalue weighted by molar-refractivity contribution is -0.136. The molecule has 5 heteroatoms. The van der Waals surface area contributed by atoms with Crippen molar-refractivity contribution >= 4 is 11.8 Å². The molecule has 0 aromatic rings. The molecule has 1 N–H and O–H groups in total. The fourth-order valence-corrected chi connectivity index (χ4v) is 10.6. The van der Waals surface area contributed by atoms with Gasteiger partial charge in [0.2, 0.25) is 11.8 Å². The van der Waals surface area contributed by atoms with Gasteiger partial charge in [-0.15, -0.1) is 0 Å².